The van der Waals surface area contributed by atoms with Gasteiger partial charge in [0.25, 0.3) is 0 Å². The molecule has 0 N–H and O–H groups in total. The van der Waals surface area contributed by atoms with Gasteiger partial charge in [0.2, 0.25) is 0 Å². The van der Waals surface area contributed by atoms with Crippen LogP contribution in [0.15, 0.2) is 12.1 Å². The van der Waals surface area contributed by atoms with Crippen LogP contribution in [-0.4, -0.2) is 26.9 Å². The Labute approximate surface area is 103 Å². The third-order valence-electron chi connectivity index (χ3n) is 2.29. The van der Waals surface area contributed by atoms with Crippen molar-refractivity contribution in [1.82, 2.24) is 0 Å². The first kappa shape index (κ1) is 14.0. The quantitative estimate of drug-likeness (QED) is 0.829. The average Bonchev–Trinajstić information content (AvgIpc) is 2.18. The van der Waals surface area contributed by atoms with E-state index in [-0.39, 0.29) is 0 Å². The number of halogens is 4. The molecule has 0 unspecified atom stereocenters. The van der Waals surface area contributed by atoms with Gasteiger partial charge in [0.15, 0.2) is 0 Å². The first-order valence-electron chi connectivity index (χ1n) is 4.86. The highest BCUT2D eigenvalue weighted by atomic mass is 35.5. The van der Waals surface area contributed by atoms with Gasteiger partial charge in [-0.25, -0.2) is 0 Å². The SMILES string of the molecule is COc1cc(C)c(Cl)cc1N(C)CC(F)(F)F. The van der Waals surface area contributed by atoms with Crippen molar-refractivity contribution < 1.29 is 17.9 Å². The summed E-state index contributed by atoms with van der Waals surface area (Å²) in [5.74, 6) is 0.374. The van der Waals surface area contributed by atoms with Crippen molar-refractivity contribution in [2.75, 3.05) is 25.6 Å². The van der Waals surface area contributed by atoms with Crippen LogP contribution in [0.5, 0.6) is 5.75 Å². The number of rotatable bonds is 3. The highest BCUT2D eigenvalue weighted by Gasteiger charge is 2.30. The summed E-state index contributed by atoms with van der Waals surface area (Å²) >= 11 is 5.89. The maximum absolute atomic E-state index is 12.3. The third-order valence-corrected chi connectivity index (χ3v) is 2.70. The molecule has 1 aromatic carbocycles. The van der Waals surface area contributed by atoms with Crippen LogP contribution in [0.2, 0.25) is 5.02 Å². The van der Waals surface area contributed by atoms with Gasteiger partial charge in [-0.2, -0.15) is 13.2 Å². The van der Waals surface area contributed by atoms with Crippen LogP contribution in [0, 0.1) is 6.92 Å². The number of methoxy groups -OCH3 is 1. The lowest BCUT2D eigenvalue weighted by atomic mass is 10.2. The van der Waals surface area contributed by atoms with E-state index in [0.717, 1.165) is 10.5 Å². The summed E-state index contributed by atoms with van der Waals surface area (Å²) in [6, 6.07) is 3.09. The molecule has 0 heterocycles. The van der Waals surface area contributed by atoms with Crippen molar-refractivity contribution in [3.8, 4) is 5.75 Å². The van der Waals surface area contributed by atoms with Crippen LogP contribution in [0.25, 0.3) is 0 Å². The average molecular weight is 268 g/mol. The molecule has 2 nitrogen and oxygen atoms in total. The number of aryl methyl sites for hydroxylation is 1. The van der Waals surface area contributed by atoms with Gasteiger partial charge in [0.05, 0.1) is 12.8 Å². The van der Waals surface area contributed by atoms with E-state index in [1.807, 2.05) is 0 Å². The summed E-state index contributed by atoms with van der Waals surface area (Å²) < 4.78 is 41.9. The molecule has 0 amide bonds. The van der Waals surface area contributed by atoms with Gasteiger partial charge in [0, 0.05) is 12.1 Å². The normalized spacial score (nSPS) is 11.5. The van der Waals surface area contributed by atoms with Crippen LogP contribution in [0.4, 0.5) is 18.9 Å². The molecule has 0 spiro atoms. The zero-order chi connectivity index (χ0) is 13.2. The lowest BCUT2D eigenvalue weighted by Gasteiger charge is -2.23. The number of hydrogen-bond donors (Lipinski definition) is 0. The summed E-state index contributed by atoms with van der Waals surface area (Å²) in [5.41, 5.74) is 1.08. The van der Waals surface area contributed by atoms with Gasteiger partial charge >= 0.3 is 6.18 Å². The van der Waals surface area contributed by atoms with Crippen LogP contribution in [0.1, 0.15) is 5.56 Å². The minimum Gasteiger partial charge on any atom is -0.495 e. The second kappa shape index (κ2) is 5.04. The molecule has 0 saturated heterocycles. The van der Waals surface area contributed by atoms with Gasteiger partial charge in [-0.1, -0.05) is 11.6 Å². The summed E-state index contributed by atoms with van der Waals surface area (Å²) in [6.07, 6.45) is -4.27. The van der Waals surface area contributed by atoms with E-state index in [2.05, 4.69) is 0 Å². The first-order valence-corrected chi connectivity index (χ1v) is 5.24. The monoisotopic (exact) mass is 267 g/mol. The van der Waals surface area contributed by atoms with E-state index in [0.29, 0.717) is 16.5 Å². The fraction of sp³-hybridized carbons (Fsp3) is 0.455. The topological polar surface area (TPSA) is 12.5 Å². The molecule has 0 aliphatic rings. The second-order valence-corrected chi connectivity index (χ2v) is 4.15. The Bertz CT molecular complexity index is 406. The molecular formula is C11H13ClF3NO. The van der Waals surface area contributed by atoms with E-state index in [1.165, 1.54) is 20.2 Å². The second-order valence-electron chi connectivity index (χ2n) is 3.74. The van der Waals surface area contributed by atoms with E-state index >= 15 is 0 Å². The molecule has 0 aliphatic heterocycles. The number of nitrogens with zero attached hydrogens (tertiary/aromatic N) is 1. The molecule has 0 saturated carbocycles. The van der Waals surface area contributed by atoms with Gasteiger partial charge in [0.1, 0.15) is 12.3 Å². The molecule has 0 radical (unpaired) electrons. The van der Waals surface area contributed by atoms with Crippen LogP contribution < -0.4 is 9.64 Å². The van der Waals surface area contributed by atoms with Gasteiger partial charge in [-0.3, -0.25) is 0 Å². The van der Waals surface area contributed by atoms with E-state index in [9.17, 15) is 13.2 Å². The zero-order valence-corrected chi connectivity index (χ0v) is 10.5. The largest absolute Gasteiger partial charge is 0.495 e. The van der Waals surface area contributed by atoms with Crippen LogP contribution in [-0.2, 0) is 0 Å². The van der Waals surface area contributed by atoms with Gasteiger partial charge in [-0.15, -0.1) is 0 Å². The minimum absolute atomic E-state index is 0.320. The fourth-order valence-electron chi connectivity index (χ4n) is 1.46. The third kappa shape index (κ3) is 3.70. The zero-order valence-electron chi connectivity index (χ0n) is 9.73. The number of ether oxygens (including phenoxy) is 1. The smallest absolute Gasteiger partial charge is 0.405 e. The first-order chi connectivity index (χ1) is 7.74. The molecule has 1 aromatic rings. The number of benzene rings is 1. The highest BCUT2D eigenvalue weighted by Crippen LogP contribution is 2.34. The molecule has 6 heteroatoms. The van der Waals surface area contributed by atoms with Crippen molar-refractivity contribution >= 4 is 17.3 Å². The van der Waals surface area contributed by atoms with E-state index in [4.69, 9.17) is 16.3 Å². The van der Waals surface area contributed by atoms with Gasteiger partial charge < -0.3 is 9.64 Å². The Morgan fingerprint density at radius 3 is 2.41 bits per heavy atom. The van der Waals surface area contributed by atoms with Crippen molar-refractivity contribution in [3.63, 3.8) is 0 Å². The molecule has 0 aromatic heterocycles. The standard InChI is InChI=1S/C11H13ClF3NO/c1-7-4-10(17-3)9(5-8(7)12)16(2)6-11(13,14)15/h4-5H,6H2,1-3H3. The maximum atomic E-state index is 12.3. The number of alkyl halides is 3. The lowest BCUT2D eigenvalue weighted by molar-refractivity contribution is -0.119. The highest BCUT2D eigenvalue weighted by molar-refractivity contribution is 6.31. The molecular weight excluding hydrogens is 255 g/mol. The fourth-order valence-corrected chi connectivity index (χ4v) is 1.62. The summed E-state index contributed by atoms with van der Waals surface area (Å²) in [4.78, 5) is 1.06. The Morgan fingerprint density at radius 1 is 1.35 bits per heavy atom. The molecule has 96 valence electrons. The van der Waals surface area contributed by atoms with E-state index < -0.39 is 12.7 Å². The molecule has 0 fully saturated rings. The van der Waals surface area contributed by atoms with Gasteiger partial charge in [-0.05, 0) is 24.6 Å². The number of anilines is 1. The molecule has 1 rings (SSSR count). The summed E-state index contributed by atoms with van der Waals surface area (Å²) in [6.45, 7) is 0.709. The van der Waals surface area contributed by atoms with E-state index in [1.54, 1.807) is 13.0 Å². The molecule has 0 aliphatic carbocycles. The lowest BCUT2D eigenvalue weighted by Crippen LogP contribution is -2.31. The Kier molecular flexibility index (Phi) is 4.14. The van der Waals surface area contributed by atoms with Crippen molar-refractivity contribution in [2.24, 2.45) is 0 Å². The summed E-state index contributed by atoms with van der Waals surface area (Å²) in [7, 11) is 2.75. The maximum Gasteiger partial charge on any atom is 0.405 e. The molecule has 17 heavy (non-hydrogen) atoms. The Hall–Kier alpha value is -1.10. The van der Waals surface area contributed by atoms with Crippen molar-refractivity contribution in [1.29, 1.82) is 0 Å². The number of hydrogen-bond acceptors (Lipinski definition) is 2. The molecule has 0 atom stereocenters. The summed E-state index contributed by atoms with van der Waals surface area (Å²) in [5, 5.41) is 0.412. The van der Waals surface area contributed by atoms with Crippen molar-refractivity contribution in [3.05, 3.63) is 22.7 Å². The predicted molar refractivity (Wildman–Crippen MR) is 62.1 cm³/mol. The van der Waals surface area contributed by atoms with Crippen LogP contribution in [0.3, 0.4) is 0 Å². The molecule has 0 bridgehead atoms. The Morgan fingerprint density at radius 2 is 1.94 bits per heavy atom. The minimum atomic E-state index is -4.27. The predicted octanol–water partition coefficient (Wildman–Crippen LogP) is 3.66. The Balaban J connectivity index is 3.08. The van der Waals surface area contributed by atoms with Crippen molar-refractivity contribution in [2.45, 2.75) is 13.1 Å². The van der Waals surface area contributed by atoms with Crippen LogP contribution >= 0.6 is 11.6 Å².